The number of rotatable bonds is 7. The Hall–Kier alpha value is -2.29. The van der Waals surface area contributed by atoms with Crippen molar-refractivity contribution in [3.8, 4) is 0 Å². The first-order valence-electron chi connectivity index (χ1n) is 10.6. The molecule has 2 aromatic rings. The third-order valence-corrected chi connectivity index (χ3v) is 7.95. The van der Waals surface area contributed by atoms with E-state index in [2.05, 4.69) is 19.2 Å². The first-order valence-corrected chi connectivity index (χ1v) is 12.1. The summed E-state index contributed by atoms with van der Waals surface area (Å²) in [5.74, 6) is -0.544. The number of nitrogens with one attached hydrogen (secondary N) is 1. The van der Waals surface area contributed by atoms with Crippen LogP contribution in [0.1, 0.15) is 38.7 Å². The zero-order valence-electron chi connectivity index (χ0n) is 18.2. The molecule has 1 heterocycles. The molecular formula is C23H30FN3O3S. The zero-order valence-corrected chi connectivity index (χ0v) is 19.0. The summed E-state index contributed by atoms with van der Waals surface area (Å²) in [5, 5.41) is 3.04. The van der Waals surface area contributed by atoms with Crippen molar-refractivity contribution in [3.63, 3.8) is 0 Å². The van der Waals surface area contributed by atoms with Crippen molar-refractivity contribution < 1.29 is 17.6 Å². The molecule has 0 spiro atoms. The van der Waals surface area contributed by atoms with Gasteiger partial charge in [-0.2, -0.15) is 4.31 Å². The molecule has 0 aromatic heterocycles. The quantitative estimate of drug-likeness (QED) is 0.703. The minimum Gasteiger partial charge on any atom is -0.324 e. The molecule has 1 amide bonds. The van der Waals surface area contributed by atoms with Crippen LogP contribution < -0.4 is 5.32 Å². The molecule has 8 heteroatoms. The van der Waals surface area contributed by atoms with E-state index in [1.54, 1.807) is 0 Å². The maximum Gasteiger partial charge on any atom is 0.246 e. The Labute approximate surface area is 184 Å². The van der Waals surface area contributed by atoms with E-state index < -0.39 is 21.9 Å². The predicted octanol–water partition coefficient (Wildman–Crippen LogP) is 3.67. The highest BCUT2D eigenvalue weighted by atomic mass is 32.2. The number of piperazine rings is 1. The minimum absolute atomic E-state index is 0.124. The fourth-order valence-corrected chi connectivity index (χ4v) is 5.27. The molecule has 1 fully saturated rings. The number of para-hydroxylation sites is 1. The van der Waals surface area contributed by atoms with Crippen LogP contribution in [0.25, 0.3) is 0 Å². The number of carbonyl (C=O) groups is 1. The van der Waals surface area contributed by atoms with Gasteiger partial charge in [-0.1, -0.05) is 44.2 Å². The van der Waals surface area contributed by atoms with Gasteiger partial charge >= 0.3 is 0 Å². The third-order valence-electron chi connectivity index (χ3n) is 6.02. The molecule has 2 aromatic carbocycles. The van der Waals surface area contributed by atoms with Crippen molar-refractivity contribution in [2.75, 3.05) is 31.5 Å². The van der Waals surface area contributed by atoms with Crippen LogP contribution in [0, 0.1) is 5.82 Å². The van der Waals surface area contributed by atoms with Crippen LogP contribution >= 0.6 is 0 Å². The number of benzene rings is 2. The number of sulfonamides is 1. The van der Waals surface area contributed by atoms with Gasteiger partial charge in [0.05, 0.1) is 6.04 Å². The van der Waals surface area contributed by atoms with Gasteiger partial charge in [0.2, 0.25) is 15.9 Å². The van der Waals surface area contributed by atoms with Crippen molar-refractivity contribution in [3.05, 3.63) is 59.9 Å². The Kier molecular flexibility index (Phi) is 7.46. The average Bonchev–Trinajstić information content (AvgIpc) is 2.78. The molecule has 1 saturated heterocycles. The summed E-state index contributed by atoms with van der Waals surface area (Å²) in [6, 6.07) is 12.8. The van der Waals surface area contributed by atoms with E-state index in [9.17, 15) is 17.6 Å². The molecule has 31 heavy (non-hydrogen) atoms. The normalized spacial score (nSPS) is 17.8. The molecule has 0 saturated carbocycles. The minimum atomic E-state index is -3.90. The van der Waals surface area contributed by atoms with Crippen LogP contribution in [0.15, 0.2) is 53.4 Å². The second kappa shape index (κ2) is 9.89. The zero-order chi connectivity index (χ0) is 22.6. The highest BCUT2D eigenvalue weighted by Gasteiger charge is 2.33. The molecule has 0 radical (unpaired) electrons. The lowest BCUT2D eigenvalue weighted by Crippen LogP contribution is -2.54. The Bertz CT molecular complexity index is 1020. The molecule has 168 valence electrons. The van der Waals surface area contributed by atoms with Crippen LogP contribution in [-0.2, 0) is 14.8 Å². The molecule has 0 bridgehead atoms. The predicted molar refractivity (Wildman–Crippen MR) is 120 cm³/mol. The molecular weight excluding hydrogens is 417 g/mol. The van der Waals surface area contributed by atoms with Crippen LogP contribution in [0.5, 0.6) is 0 Å². The number of amides is 1. The molecule has 2 atom stereocenters. The number of nitrogens with zero attached hydrogens (tertiary/aromatic N) is 2. The molecule has 6 nitrogen and oxygen atoms in total. The van der Waals surface area contributed by atoms with E-state index >= 15 is 0 Å². The van der Waals surface area contributed by atoms with Gasteiger partial charge in [0, 0.05) is 31.9 Å². The summed E-state index contributed by atoms with van der Waals surface area (Å²) >= 11 is 0. The smallest absolute Gasteiger partial charge is 0.246 e. The van der Waals surface area contributed by atoms with Gasteiger partial charge in [0.15, 0.2) is 0 Å². The maximum absolute atomic E-state index is 14.0. The van der Waals surface area contributed by atoms with Crippen molar-refractivity contribution in [1.29, 1.82) is 0 Å². The first kappa shape index (κ1) is 23.4. The van der Waals surface area contributed by atoms with Gasteiger partial charge in [-0.05, 0) is 43.0 Å². The second-order valence-electron chi connectivity index (χ2n) is 7.93. The first-order chi connectivity index (χ1) is 14.8. The topological polar surface area (TPSA) is 69.7 Å². The SMILES string of the molecule is CC[C@@H](C)c1ccccc1NC(=O)[C@H](C)N1CCN(S(=O)(=O)c2ccccc2F)CC1. The van der Waals surface area contributed by atoms with Crippen LogP contribution in [0.4, 0.5) is 10.1 Å². The maximum atomic E-state index is 14.0. The largest absolute Gasteiger partial charge is 0.324 e. The van der Waals surface area contributed by atoms with Gasteiger partial charge < -0.3 is 5.32 Å². The molecule has 0 unspecified atom stereocenters. The van der Waals surface area contributed by atoms with E-state index in [1.165, 1.54) is 22.5 Å². The Morgan fingerprint density at radius 2 is 1.65 bits per heavy atom. The molecule has 3 rings (SSSR count). The lowest BCUT2D eigenvalue weighted by Gasteiger charge is -2.36. The highest BCUT2D eigenvalue weighted by Crippen LogP contribution is 2.27. The van der Waals surface area contributed by atoms with Crippen LogP contribution in [-0.4, -0.2) is 55.8 Å². The van der Waals surface area contributed by atoms with E-state index in [0.717, 1.165) is 23.7 Å². The fourth-order valence-electron chi connectivity index (χ4n) is 3.79. The van der Waals surface area contributed by atoms with E-state index in [4.69, 9.17) is 0 Å². The Balaban J connectivity index is 1.64. The van der Waals surface area contributed by atoms with Crippen molar-refractivity contribution in [1.82, 2.24) is 9.21 Å². The van der Waals surface area contributed by atoms with Crippen LogP contribution in [0.2, 0.25) is 0 Å². The summed E-state index contributed by atoms with van der Waals surface area (Å²) < 4.78 is 40.8. The summed E-state index contributed by atoms with van der Waals surface area (Å²) in [6.07, 6.45) is 0.973. The van der Waals surface area contributed by atoms with Crippen LogP contribution in [0.3, 0.4) is 0 Å². The average molecular weight is 448 g/mol. The van der Waals surface area contributed by atoms with Gasteiger partial charge in [0.25, 0.3) is 0 Å². The van der Waals surface area contributed by atoms with E-state index in [0.29, 0.717) is 19.0 Å². The number of anilines is 1. The van der Waals surface area contributed by atoms with Crippen molar-refractivity contribution >= 4 is 21.6 Å². The van der Waals surface area contributed by atoms with Gasteiger partial charge in [-0.25, -0.2) is 12.8 Å². The monoisotopic (exact) mass is 447 g/mol. The summed E-state index contributed by atoms with van der Waals surface area (Å²) in [6.45, 7) is 7.27. The highest BCUT2D eigenvalue weighted by molar-refractivity contribution is 7.89. The lowest BCUT2D eigenvalue weighted by atomic mass is 9.97. The summed E-state index contributed by atoms with van der Waals surface area (Å²) in [4.78, 5) is 14.5. The molecule has 1 aliphatic heterocycles. The second-order valence-corrected chi connectivity index (χ2v) is 9.84. The Morgan fingerprint density at radius 1 is 1.03 bits per heavy atom. The number of halogens is 1. The summed E-state index contributed by atoms with van der Waals surface area (Å²) in [5.41, 5.74) is 1.92. The standard InChI is InChI=1S/C23H30FN3O3S/c1-4-17(2)19-9-5-7-11-21(19)25-23(28)18(3)26-13-15-27(16-14-26)31(29,30)22-12-8-6-10-20(22)24/h5-12,17-18H,4,13-16H2,1-3H3,(H,25,28)/t17-,18+/m1/s1. The van der Waals surface area contributed by atoms with Gasteiger partial charge in [0.1, 0.15) is 10.7 Å². The number of hydrogen-bond donors (Lipinski definition) is 1. The van der Waals surface area contributed by atoms with Crippen molar-refractivity contribution in [2.24, 2.45) is 0 Å². The number of hydrogen-bond acceptors (Lipinski definition) is 4. The van der Waals surface area contributed by atoms with E-state index in [-0.39, 0.29) is 23.9 Å². The fraction of sp³-hybridized carbons (Fsp3) is 0.435. The molecule has 0 aliphatic carbocycles. The number of carbonyl (C=O) groups excluding carboxylic acids is 1. The van der Waals surface area contributed by atoms with Crippen molar-refractivity contribution in [2.45, 2.75) is 44.0 Å². The summed E-state index contributed by atoms with van der Waals surface area (Å²) in [7, 11) is -3.90. The van der Waals surface area contributed by atoms with Gasteiger partial charge in [-0.15, -0.1) is 0 Å². The van der Waals surface area contributed by atoms with Gasteiger partial charge in [-0.3, -0.25) is 9.69 Å². The molecule has 1 aliphatic rings. The van der Waals surface area contributed by atoms with E-state index in [1.807, 2.05) is 36.1 Å². The molecule has 1 N–H and O–H groups in total. The Morgan fingerprint density at radius 3 is 2.29 bits per heavy atom. The third kappa shape index (κ3) is 5.14. The lowest BCUT2D eigenvalue weighted by molar-refractivity contribution is -0.121.